The molecule has 96 valence electrons. The summed E-state index contributed by atoms with van der Waals surface area (Å²) < 4.78 is 0. The highest BCUT2D eigenvalue weighted by atomic mass is 35.5. The van der Waals surface area contributed by atoms with Gasteiger partial charge in [0.05, 0.1) is 11.8 Å². The maximum Gasteiger partial charge on any atom is 0.307 e. The highest BCUT2D eigenvalue weighted by Crippen LogP contribution is 2.58. The average molecular weight is 268 g/mol. The molecule has 0 radical (unpaired) electrons. The molecule has 18 heavy (non-hydrogen) atoms. The van der Waals surface area contributed by atoms with E-state index in [-0.39, 0.29) is 5.91 Å². The Morgan fingerprint density at radius 3 is 2.22 bits per heavy atom. The zero-order chi connectivity index (χ0) is 13.5. The molecule has 1 aromatic carbocycles. The van der Waals surface area contributed by atoms with Gasteiger partial charge in [0.25, 0.3) is 0 Å². The molecular weight excluding hydrogens is 254 g/mol. The van der Waals surface area contributed by atoms with Gasteiger partial charge in [0.2, 0.25) is 5.91 Å². The highest BCUT2D eigenvalue weighted by molar-refractivity contribution is 6.30. The number of hydrogen-bond donors (Lipinski definition) is 2. The molecule has 1 fully saturated rings. The maximum atomic E-state index is 12.0. The van der Waals surface area contributed by atoms with Crippen LogP contribution in [0.15, 0.2) is 24.3 Å². The average Bonchev–Trinajstić information content (AvgIpc) is 2.85. The van der Waals surface area contributed by atoms with Gasteiger partial charge in [-0.15, -0.1) is 0 Å². The third kappa shape index (κ3) is 2.20. The van der Waals surface area contributed by atoms with Gasteiger partial charge in [-0.25, -0.2) is 0 Å². The third-order valence-electron chi connectivity index (χ3n) is 3.49. The van der Waals surface area contributed by atoms with Crippen molar-refractivity contribution in [1.82, 2.24) is 0 Å². The number of aliphatic carboxylic acids is 1. The van der Waals surface area contributed by atoms with Crippen LogP contribution in [0.4, 0.5) is 5.69 Å². The molecule has 0 saturated heterocycles. The molecular formula is C13H14ClNO3. The lowest BCUT2D eigenvalue weighted by molar-refractivity contribution is -0.140. The zero-order valence-corrected chi connectivity index (χ0v) is 10.9. The molecule has 0 aromatic heterocycles. The van der Waals surface area contributed by atoms with E-state index in [4.69, 9.17) is 16.7 Å². The van der Waals surface area contributed by atoms with E-state index in [0.29, 0.717) is 10.7 Å². The van der Waals surface area contributed by atoms with Crippen molar-refractivity contribution in [3.63, 3.8) is 0 Å². The first kappa shape index (κ1) is 12.9. The van der Waals surface area contributed by atoms with Gasteiger partial charge in [-0.1, -0.05) is 25.4 Å². The number of carboxylic acid groups (broad SMARTS) is 1. The van der Waals surface area contributed by atoms with Crippen LogP contribution in [0.1, 0.15) is 13.8 Å². The fourth-order valence-electron chi connectivity index (χ4n) is 2.34. The van der Waals surface area contributed by atoms with Gasteiger partial charge in [0.1, 0.15) is 0 Å². The lowest BCUT2D eigenvalue weighted by atomic mass is 10.1. The molecule has 0 spiro atoms. The van der Waals surface area contributed by atoms with Gasteiger partial charge < -0.3 is 10.4 Å². The molecule has 5 heteroatoms. The normalized spacial score (nSPS) is 24.4. The lowest BCUT2D eigenvalue weighted by Gasteiger charge is -2.05. The van der Waals surface area contributed by atoms with Crippen LogP contribution < -0.4 is 5.32 Å². The van der Waals surface area contributed by atoms with Crippen molar-refractivity contribution in [3.05, 3.63) is 29.3 Å². The van der Waals surface area contributed by atoms with E-state index in [2.05, 4.69) is 5.32 Å². The van der Waals surface area contributed by atoms with E-state index >= 15 is 0 Å². The Morgan fingerprint density at radius 2 is 1.78 bits per heavy atom. The molecule has 2 atom stereocenters. The first-order valence-electron chi connectivity index (χ1n) is 5.63. The van der Waals surface area contributed by atoms with Crippen molar-refractivity contribution in [2.75, 3.05) is 5.32 Å². The summed E-state index contributed by atoms with van der Waals surface area (Å²) in [7, 11) is 0. The summed E-state index contributed by atoms with van der Waals surface area (Å²) in [4.78, 5) is 23.0. The van der Waals surface area contributed by atoms with Gasteiger partial charge >= 0.3 is 5.97 Å². The molecule has 1 aliphatic carbocycles. The molecule has 1 aliphatic rings. The van der Waals surface area contributed by atoms with Crippen molar-refractivity contribution in [2.24, 2.45) is 17.3 Å². The fourth-order valence-corrected chi connectivity index (χ4v) is 2.47. The Morgan fingerprint density at radius 1 is 1.22 bits per heavy atom. The van der Waals surface area contributed by atoms with Crippen molar-refractivity contribution in [1.29, 1.82) is 0 Å². The smallest absolute Gasteiger partial charge is 0.307 e. The second kappa shape index (κ2) is 4.28. The largest absolute Gasteiger partial charge is 0.481 e. The van der Waals surface area contributed by atoms with Crippen LogP contribution in [0.5, 0.6) is 0 Å². The van der Waals surface area contributed by atoms with Crippen LogP contribution in [0.25, 0.3) is 0 Å². The summed E-state index contributed by atoms with van der Waals surface area (Å²) >= 11 is 5.74. The lowest BCUT2D eigenvalue weighted by Crippen LogP contribution is -2.17. The number of nitrogens with one attached hydrogen (secondary N) is 1. The van der Waals surface area contributed by atoms with Crippen molar-refractivity contribution in [2.45, 2.75) is 13.8 Å². The molecule has 0 bridgehead atoms. The van der Waals surface area contributed by atoms with E-state index in [0.717, 1.165) is 0 Å². The Kier molecular flexibility index (Phi) is 3.07. The topological polar surface area (TPSA) is 66.4 Å². The van der Waals surface area contributed by atoms with Gasteiger partial charge in [-0.3, -0.25) is 9.59 Å². The second-order valence-electron chi connectivity index (χ2n) is 5.11. The molecule has 0 aliphatic heterocycles. The van der Waals surface area contributed by atoms with Crippen LogP contribution in [-0.4, -0.2) is 17.0 Å². The number of anilines is 1. The maximum absolute atomic E-state index is 12.0. The van der Waals surface area contributed by atoms with Crippen molar-refractivity contribution >= 4 is 29.2 Å². The molecule has 1 amide bonds. The summed E-state index contributed by atoms with van der Waals surface area (Å²) in [5.74, 6) is -2.26. The van der Waals surface area contributed by atoms with E-state index in [1.807, 2.05) is 0 Å². The van der Waals surface area contributed by atoms with Crippen LogP contribution in [0.3, 0.4) is 0 Å². The number of carboxylic acids is 1. The predicted molar refractivity (Wildman–Crippen MR) is 68.5 cm³/mol. The van der Waals surface area contributed by atoms with Crippen molar-refractivity contribution < 1.29 is 14.7 Å². The van der Waals surface area contributed by atoms with Crippen LogP contribution in [0, 0.1) is 17.3 Å². The number of carbonyl (C=O) groups excluding carboxylic acids is 1. The minimum Gasteiger partial charge on any atom is -0.481 e. The number of rotatable bonds is 3. The van der Waals surface area contributed by atoms with E-state index in [9.17, 15) is 9.59 Å². The summed E-state index contributed by atoms with van der Waals surface area (Å²) in [6, 6.07) is 6.71. The summed E-state index contributed by atoms with van der Waals surface area (Å²) in [6.07, 6.45) is 0. The van der Waals surface area contributed by atoms with Crippen LogP contribution >= 0.6 is 11.6 Å². The van der Waals surface area contributed by atoms with Gasteiger partial charge in [0.15, 0.2) is 0 Å². The quantitative estimate of drug-likeness (QED) is 0.885. The number of amides is 1. The molecule has 0 heterocycles. The SMILES string of the molecule is CC1(C)C(C(=O)O)C1C(=O)Nc1ccc(Cl)cc1. The minimum absolute atomic E-state index is 0.255. The summed E-state index contributed by atoms with van der Waals surface area (Å²) in [5.41, 5.74) is 0.138. The third-order valence-corrected chi connectivity index (χ3v) is 3.74. The number of hydrogen-bond acceptors (Lipinski definition) is 2. The summed E-state index contributed by atoms with van der Waals surface area (Å²) in [5, 5.41) is 12.3. The van der Waals surface area contributed by atoms with Gasteiger partial charge in [-0.2, -0.15) is 0 Å². The molecule has 1 saturated carbocycles. The summed E-state index contributed by atoms with van der Waals surface area (Å²) in [6.45, 7) is 3.58. The Hall–Kier alpha value is -1.55. The molecule has 4 nitrogen and oxygen atoms in total. The predicted octanol–water partition coefficient (Wildman–Crippen LogP) is 2.64. The van der Waals surface area contributed by atoms with E-state index < -0.39 is 23.2 Å². The standard InChI is InChI=1S/C13H14ClNO3/c1-13(2)9(10(13)12(17)18)11(16)15-8-5-3-7(14)4-6-8/h3-6,9-10H,1-2H3,(H,15,16)(H,17,18). The number of halogens is 1. The fraction of sp³-hybridized carbons (Fsp3) is 0.385. The second-order valence-corrected chi connectivity index (χ2v) is 5.55. The minimum atomic E-state index is -0.920. The Labute approximate surface area is 110 Å². The van der Waals surface area contributed by atoms with Gasteiger partial charge in [0, 0.05) is 10.7 Å². The molecule has 1 aromatic rings. The first-order chi connectivity index (χ1) is 8.34. The van der Waals surface area contributed by atoms with E-state index in [1.165, 1.54) is 0 Å². The zero-order valence-electron chi connectivity index (χ0n) is 10.1. The van der Waals surface area contributed by atoms with E-state index in [1.54, 1.807) is 38.1 Å². The first-order valence-corrected chi connectivity index (χ1v) is 6.01. The molecule has 2 unspecified atom stereocenters. The Balaban J connectivity index is 2.06. The Bertz CT molecular complexity index is 495. The highest BCUT2D eigenvalue weighted by Gasteiger charge is 2.65. The number of carbonyl (C=O) groups is 2. The van der Waals surface area contributed by atoms with Crippen LogP contribution in [-0.2, 0) is 9.59 Å². The monoisotopic (exact) mass is 267 g/mol. The van der Waals surface area contributed by atoms with Crippen LogP contribution in [0.2, 0.25) is 5.02 Å². The number of benzene rings is 1. The molecule has 2 rings (SSSR count). The van der Waals surface area contributed by atoms with Gasteiger partial charge in [-0.05, 0) is 29.7 Å². The van der Waals surface area contributed by atoms with Crippen molar-refractivity contribution in [3.8, 4) is 0 Å². The molecule has 2 N–H and O–H groups in total.